The lowest BCUT2D eigenvalue weighted by Crippen LogP contribution is -2.53. The molecule has 200 valence electrons. The van der Waals surface area contributed by atoms with Crippen molar-refractivity contribution in [2.45, 2.75) is 77.9 Å². The number of nitrogens with zero attached hydrogens (tertiary/aromatic N) is 1. The molecule has 0 radical (unpaired) electrons. The Hall–Kier alpha value is -3.60. The zero-order valence-corrected chi connectivity index (χ0v) is 22.9. The summed E-state index contributed by atoms with van der Waals surface area (Å²) < 4.78 is 6.01. The van der Waals surface area contributed by atoms with Gasteiger partial charge in [-0.05, 0) is 61.9 Å². The molecule has 4 rings (SSSR count). The van der Waals surface area contributed by atoms with Gasteiger partial charge in [0.1, 0.15) is 11.8 Å². The van der Waals surface area contributed by atoms with Gasteiger partial charge in [-0.15, -0.1) is 0 Å². The molecule has 2 amide bonds. The lowest BCUT2D eigenvalue weighted by molar-refractivity contribution is -0.143. The largest absolute Gasteiger partial charge is 0.483 e. The molecule has 1 fully saturated rings. The highest BCUT2D eigenvalue weighted by Gasteiger charge is 2.32. The average molecular weight is 513 g/mol. The molecule has 38 heavy (non-hydrogen) atoms. The lowest BCUT2D eigenvalue weighted by atomic mass is 9.94. The van der Waals surface area contributed by atoms with Gasteiger partial charge in [-0.1, -0.05) is 91.6 Å². The van der Waals surface area contributed by atoms with Crippen molar-refractivity contribution in [3.05, 3.63) is 101 Å². The molecule has 1 atom stereocenters. The van der Waals surface area contributed by atoms with Crippen molar-refractivity contribution >= 4 is 11.8 Å². The second kappa shape index (κ2) is 13.3. The normalized spacial score (nSPS) is 14.5. The fourth-order valence-electron chi connectivity index (χ4n) is 5.25. The van der Waals surface area contributed by atoms with Crippen LogP contribution in [0.15, 0.2) is 72.8 Å². The Balaban J connectivity index is 1.62. The summed E-state index contributed by atoms with van der Waals surface area (Å²) in [5.41, 5.74) is 5.26. The molecule has 1 unspecified atom stereocenters. The van der Waals surface area contributed by atoms with Gasteiger partial charge in [-0.3, -0.25) is 9.59 Å². The predicted molar refractivity (Wildman–Crippen MR) is 152 cm³/mol. The number of ether oxygens (including phenoxy) is 1. The van der Waals surface area contributed by atoms with Crippen molar-refractivity contribution in [3.8, 4) is 5.75 Å². The molecule has 0 spiro atoms. The summed E-state index contributed by atoms with van der Waals surface area (Å²) >= 11 is 0. The van der Waals surface area contributed by atoms with Gasteiger partial charge in [0.15, 0.2) is 6.61 Å². The molecule has 0 heterocycles. The Labute approximate surface area is 227 Å². The van der Waals surface area contributed by atoms with E-state index < -0.39 is 6.04 Å². The Morgan fingerprint density at radius 1 is 0.895 bits per heavy atom. The fraction of sp³-hybridized carbons (Fsp3) is 0.394. The highest BCUT2D eigenvalue weighted by Crippen LogP contribution is 2.22. The molecule has 5 heteroatoms. The number of carbonyl (C=O) groups is 2. The Kier molecular flexibility index (Phi) is 9.58. The number of aryl methyl sites for hydroxylation is 3. The minimum atomic E-state index is -0.644. The summed E-state index contributed by atoms with van der Waals surface area (Å²) in [7, 11) is 0. The molecule has 0 aromatic heterocycles. The molecular weight excluding hydrogens is 472 g/mol. The Morgan fingerprint density at radius 2 is 1.61 bits per heavy atom. The second-order valence-corrected chi connectivity index (χ2v) is 10.6. The molecule has 5 nitrogen and oxygen atoms in total. The van der Waals surface area contributed by atoms with E-state index in [4.69, 9.17) is 4.74 Å². The first-order valence-electron chi connectivity index (χ1n) is 13.8. The summed E-state index contributed by atoms with van der Waals surface area (Å²) in [6.45, 7) is 6.27. The fourth-order valence-corrected chi connectivity index (χ4v) is 5.25. The van der Waals surface area contributed by atoms with Crippen LogP contribution in [0.25, 0.3) is 0 Å². The van der Waals surface area contributed by atoms with Crippen LogP contribution in [0, 0.1) is 20.8 Å². The second-order valence-electron chi connectivity index (χ2n) is 10.6. The van der Waals surface area contributed by atoms with Gasteiger partial charge >= 0.3 is 0 Å². The molecule has 3 aromatic carbocycles. The van der Waals surface area contributed by atoms with Crippen LogP contribution in [-0.2, 0) is 22.6 Å². The standard InChI is InChI=1S/C33H40N2O3/c1-24-18-19-31(26(3)20-24)38-23-32(36)35(22-28-15-11-10-12-25(28)2)30(21-27-13-6-4-7-14-27)33(37)34-29-16-8-5-9-17-29/h4,6-7,10-15,18-20,29-30H,5,8-9,16-17,21-23H2,1-3H3,(H,34,37). The molecule has 0 saturated heterocycles. The Bertz CT molecular complexity index is 1220. The highest BCUT2D eigenvalue weighted by atomic mass is 16.5. The van der Waals surface area contributed by atoms with Crippen molar-refractivity contribution in [1.82, 2.24) is 10.2 Å². The van der Waals surface area contributed by atoms with Crippen molar-refractivity contribution < 1.29 is 14.3 Å². The van der Waals surface area contributed by atoms with Crippen LogP contribution in [0.4, 0.5) is 0 Å². The van der Waals surface area contributed by atoms with Gasteiger partial charge in [-0.25, -0.2) is 0 Å². The van der Waals surface area contributed by atoms with Crippen LogP contribution in [0.3, 0.4) is 0 Å². The van der Waals surface area contributed by atoms with Crippen LogP contribution in [0.1, 0.15) is 59.9 Å². The number of rotatable bonds is 10. The third-order valence-corrected chi connectivity index (χ3v) is 7.51. The molecule has 1 aliphatic carbocycles. The number of nitrogens with one attached hydrogen (secondary N) is 1. The zero-order chi connectivity index (χ0) is 26.9. The quantitative estimate of drug-likeness (QED) is 0.358. The van der Waals surface area contributed by atoms with E-state index in [-0.39, 0.29) is 24.5 Å². The molecule has 1 saturated carbocycles. The number of hydrogen-bond acceptors (Lipinski definition) is 3. The van der Waals surface area contributed by atoms with E-state index >= 15 is 0 Å². The third-order valence-electron chi connectivity index (χ3n) is 7.51. The van der Waals surface area contributed by atoms with Gasteiger partial charge in [0.05, 0.1) is 0 Å². The van der Waals surface area contributed by atoms with Gasteiger partial charge in [0.2, 0.25) is 5.91 Å². The van der Waals surface area contributed by atoms with E-state index in [0.29, 0.717) is 18.7 Å². The van der Waals surface area contributed by atoms with E-state index in [0.717, 1.165) is 53.5 Å². The van der Waals surface area contributed by atoms with Crippen LogP contribution in [-0.4, -0.2) is 35.4 Å². The number of hydrogen-bond donors (Lipinski definition) is 1. The minimum Gasteiger partial charge on any atom is -0.483 e. The zero-order valence-electron chi connectivity index (χ0n) is 22.9. The van der Waals surface area contributed by atoms with Gasteiger partial charge < -0.3 is 15.0 Å². The van der Waals surface area contributed by atoms with Crippen molar-refractivity contribution in [3.63, 3.8) is 0 Å². The monoisotopic (exact) mass is 512 g/mol. The van der Waals surface area contributed by atoms with Gasteiger partial charge in [0.25, 0.3) is 5.91 Å². The van der Waals surface area contributed by atoms with E-state index in [9.17, 15) is 9.59 Å². The maximum atomic E-state index is 13.9. The first kappa shape index (κ1) is 27.4. The Morgan fingerprint density at radius 3 is 2.32 bits per heavy atom. The minimum absolute atomic E-state index is 0.0887. The summed E-state index contributed by atoms with van der Waals surface area (Å²) in [6, 6.07) is 23.4. The van der Waals surface area contributed by atoms with Crippen LogP contribution >= 0.6 is 0 Å². The molecule has 1 aliphatic rings. The average Bonchev–Trinajstić information content (AvgIpc) is 2.92. The van der Waals surface area contributed by atoms with Crippen LogP contribution in [0.5, 0.6) is 5.75 Å². The molecule has 0 bridgehead atoms. The van der Waals surface area contributed by atoms with Crippen LogP contribution < -0.4 is 10.1 Å². The van der Waals surface area contributed by atoms with E-state index in [2.05, 4.69) is 5.32 Å². The number of benzene rings is 3. The van der Waals surface area contributed by atoms with Crippen molar-refractivity contribution in [2.75, 3.05) is 6.61 Å². The number of carbonyl (C=O) groups excluding carboxylic acids is 2. The van der Waals surface area contributed by atoms with Crippen LogP contribution in [0.2, 0.25) is 0 Å². The summed E-state index contributed by atoms with van der Waals surface area (Å²) in [5, 5.41) is 3.29. The predicted octanol–water partition coefficient (Wildman–Crippen LogP) is 6.08. The summed E-state index contributed by atoms with van der Waals surface area (Å²) in [4.78, 5) is 29.4. The smallest absolute Gasteiger partial charge is 0.261 e. The molecule has 0 aliphatic heterocycles. The topological polar surface area (TPSA) is 58.6 Å². The number of amides is 2. The maximum absolute atomic E-state index is 13.9. The SMILES string of the molecule is Cc1ccc(OCC(=O)N(Cc2ccccc2C)C(Cc2ccccc2)C(=O)NC2CCCCC2)c(C)c1. The van der Waals surface area contributed by atoms with E-state index in [1.807, 2.05) is 93.6 Å². The first-order chi connectivity index (χ1) is 18.4. The maximum Gasteiger partial charge on any atom is 0.261 e. The van der Waals surface area contributed by atoms with Gasteiger partial charge in [-0.2, -0.15) is 0 Å². The summed E-state index contributed by atoms with van der Waals surface area (Å²) in [6.07, 6.45) is 5.90. The highest BCUT2D eigenvalue weighted by molar-refractivity contribution is 5.88. The van der Waals surface area contributed by atoms with Crippen molar-refractivity contribution in [2.24, 2.45) is 0 Å². The van der Waals surface area contributed by atoms with Gasteiger partial charge in [0, 0.05) is 19.0 Å². The van der Waals surface area contributed by atoms with E-state index in [1.54, 1.807) is 4.90 Å². The molecular formula is C33H40N2O3. The molecule has 3 aromatic rings. The molecule has 1 N–H and O–H groups in total. The lowest BCUT2D eigenvalue weighted by Gasteiger charge is -2.33. The first-order valence-corrected chi connectivity index (χ1v) is 13.8. The van der Waals surface area contributed by atoms with E-state index in [1.165, 1.54) is 6.42 Å². The third kappa shape index (κ3) is 7.47. The van der Waals surface area contributed by atoms with Crippen molar-refractivity contribution in [1.29, 1.82) is 0 Å². The summed E-state index contributed by atoms with van der Waals surface area (Å²) in [5.74, 6) is 0.396.